The van der Waals surface area contributed by atoms with Gasteiger partial charge >= 0.3 is 6.61 Å². The molecule has 0 bridgehead atoms. The van der Waals surface area contributed by atoms with Crippen LogP contribution in [0.1, 0.15) is 16.1 Å². The van der Waals surface area contributed by atoms with Gasteiger partial charge in [0.1, 0.15) is 11.4 Å². The standard InChI is InChI=1S/C15H14F2N2O2/c16-15(17)21-12-6-4-11(5-7-12)8-10-19-14(20)13-3-1-2-9-18-13/h1-7,9,15H,8,10H2,(H,19,20). The topological polar surface area (TPSA) is 51.2 Å². The zero-order valence-corrected chi connectivity index (χ0v) is 11.1. The Morgan fingerprint density at radius 1 is 1.19 bits per heavy atom. The maximum Gasteiger partial charge on any atom is 0.387 e. The number of alkyl halides is 2. The second-order valence-electron chi connectivity index (χ2n) is 4.24. The Hall–Kier alpha value is -2.50. The summed E-state index contributed by atoms with van der Waals surface area (Å²) in [5.74, 6) is -0.125. The van der Waals surface area contributed by atoms with Crippen molar-refractivity contribution < 1.29 is 18.3 Å². The molecule has 0 radical (unpaired) electrons. The minimum absolute atomic E-state index is 0.117. The molecule has 21 heavy (non-hydrogen) atoms. The highest BCUT2D eigenvalue weighted by atomic mass is 19.3. The number of hydrogen-bond acceptors (Lipinski definition) is 3. The Labute approximate surface area is 120 Å². The number of nitrogens with one attached hydrogen (secondary N) is 1. The lowest BCUT2D eigenvalue weighted by Crippen LogP contribution is -2.26. The molecule has 0 saturated heterocycles. The van der Waals surface area contributed by atoms with Crippen molar-refractivity contribution in [2.24, 2.45) is 0 Å². The summed E-state index contributed by atoms with van der Waals surface area (Å²) in [5.41, 5.74) is 1.27. The van der Waals surface area contributed by atoms with Crippen molar-refractivity contribution in [1.82, 2.24) is 10.3 Å². The van der Waals surface area contributed by atoms with Crippen molar-refractivity contribution >= 4 is 5.91 Å². The highest BCUT2D eigenvalue weighted by Gasteiger charge is 2.06. The van der Waals surface area contributed by atoms with E-state index in [-0.39, 0.29) is 11.7 Å². The molecule has 0 atom stereocenters. The molecule has 1 heterocycles. The molecule has 0 saturated carbocycles. The molecule has 1 aromatic carbocycles. The molecule has 0 aliphatic carbocycles. The van der Waals surface area contributed by atoms with Gasteiger partial charge in [0.05, 0.1) is 0 Å². The zero-order chi connectivity index (χ0) is 15.1. The number of carbonyl (C=O) groups excluding carboxylic acids is 1. The SMILES string of the molecule is O=C(NCCc1ccc(OC(F)F)cc1)c1ccccn1. The molecule has 1 aromatic heterocycles. The summed E-state index contributed by atoms with van der Waals surface area (Å²) >= 11 is 0. The minimum Gasteiger partial charge on any atom is -0.435 e. The van der Waals surface area contributed by atoms with Gasteiger partial charge in [-0.3, -0.25) is 9.78 Å². The molecular weight excluding hydrogens is 278 g/mol. The van der Waals surface area contributed by atoms with E-state index in [0.29, 0.717) is 18.7 Å². The predicted octanol–water partition coefficient (Wildman–Crippen LogP) is 2.66. The second kappa shape index (κ2) is 7.33. The van der Waals surface area contributed by atoms with Crippen LogP contribution >= 0.6 is 0 Å². The third-order valence-electron chi connectivity index (χ3n) is 2.75. The van der Waals surface area contributed by atoms with Crippen molar-refractivity contribution in [3.63, 3.8) is 0 Å². The van der Waals surface area contributed by atoms with Gasteiger partial charge in [0, 0.05) is 12.7 Å². The fourth-order valence-corrected chi connectivity index (χ4v) is 1.75. The average molecular weight is 292 g/mol. The van der Waals surface area contributed by atoms with Gasteiger partial charge < -0.3 is 10.1 Å². The maximum atomic E-state index is 12.0. The van der Waals surface area contributed by atoms with E-state index in [4.69, 9.17) is 0 Å². The second-order valence-corrected chi connectivity index (χ2v) is 4.24. The Morgan fingerprint density at radius 3 is 2.57 bits per heavy atom. The molecule has 2 rings (SSSR count). The third kappa shape index (κ3) is 4.83. The van der Waals surface area contributed by atoms with Crippen LogP contribution in [0, 0.1) is 0 Å². The molecule has 0 unspecified atom stereocenters. The number of hydrogen-bond donors (Lipinski definition) is 1. The van der Waals surface area contributed by atoms with Crippen LogP contribution in [0.15, 0.2) is 48.7 Å². The highest BCUT2D eigenvalue weighted by Crippen LogP contribution is 2.14. The van der Waals surface area contributed by atoms with Crippen molar-refractivity contribution in [1.29, 1.82) is 0 Å². The fourth-order valence-electron chi connectivity index (χ4n) is 1.75. The number of ether oxygens (including phenoxy) is 1. The van der Waals surface area contributed by atoms with Gasteiger partial charge in [-0.2, -0.15) is 8.78 Å². The lowest BCUT2D eigenvalue weighted by atomic mass is 10.1. The van der Waals surface area contributed by atoms with E-state index in [1.807, 2.05) is 0 Å². The number of rotatable bonds is 6. The summed E-state index contributed by atoms with van der Waals surface area (Å²) in [6, 6.07) is 11.4. The molecule has 110 valence electrons. The molecular formula is C15H14F2N2O2. The van der Waals surface area contributed by atoms with Crippen LogP contribution in [-0.4, -0.2) is 24.0 Å². The van der Waals surface area contributed by atoms with Gasteiger partial charge in [-0.25, -0.2) is 0 Å². The molecule has 0 spiro atoms. The number of aromatic nitrogens is 1. The van der Waals surface area contributed by atoms with E-state index >= 15 is 0 Å². The molecule has 4 nitrogen and oxygen atoms in total. The van der Waals surface area contributed by atoms with E-state index in [1.165, 1.54) is 12.1 Å². The first-order chi connectivity index (χ1) is 10.1. The molecule has 1 N–H and O–H groups in total. The van der Waals surface area contributed by atoms with Gasteiger partial charge in [0.25, 0.3) is 5.91 Å². The number of carbonyl (C=O) groups is 1. The van der Waals surface area contributed by atoms with Crippen LogP contribution in [0.3, 0.4) is 0 Å². The van der Waals surface area contributed by atoms with Crippen molar-refractivity contribution in [3.8, 4) is 5.75 Å². The Kier molecular flexibility index (Phi) is 5.20. The number of halogens is 2. The molecule has 0 aliphatic heterocycles. The molecule has 1 amide bonds. The lowest BCUT2D eigenvalue weighted by molar-refractivity contribution is -0.0498. The molecule has 0 fully saturated rings. The summed E-state index contributed by atoms with van der Waals surface area (Å²) in [4.78, 5) is 15.7. The van der Waals surface area contributed by atoms with E-state index in [2.05, 4.69) is 15.0 Å². The lowest BCUT2D eigenvalue weighted by Gasteiger charge is -2.07. The summed E-state index contributed by atoms with van der Waals surface area (Å²) in [5, 5.41) is 2.74. The monoisotopic (exact) mass is 292 g/mol. The highest BCUT2D eigenvalue weighted by molar-refractivity contribution is 5.92. The Balaban J connectivity index is 1.79. The number of pyridine rings is 1. The largest absolute Gasteiger partial charge is 0.435 e. The van der Waals surface area contributed by atoms with Crippen LogP contribution in [0.5, 0.6) is 5.75 Å². The molecule has 2 aromatic rings. The van der Waals surface area contributed by atoms with Gasteiger partial charge in [-0.05, 0) is 36.2 Å². The van der Waals surface area contributed by atoms with Crippen LogP contribution in [0.4, 0.5) is 8.78 Å². The van der Waals surface area contributed by atoms with Crippen LogP contribution in [0.25, 0.3) is 0 Å². The Morgan fingerprint density at radius 2 is 1.95 bits per heavy atom. The first kappa shape index (κ1) is 14.9. The van der Waals surface area contributed by atoms with E-state index in [1.54, 1.807) is 36.5 Å². The molecule has 0 aliphatic rings. The van der Waals surface area contributed by atoms with Crippen LogP contribution in [-0.2, 0) is 6.42 Å². The molecule has 6 heteroatoms. The summed E-state index contributed by atoms with van der Waals surface area (Å²) < 4.78 is 28.3. The van der Waals surface area contributed by atoms with Crippen molar-refractivity contribution in [2.75, 3.05) is 6.54 Å². The Bertz CT molecular complexity index is 574. The normalized spacial score (nSPS) is 10.4. The third-order valence-corrected chi connectivity index (χ3v) is 2.75. The zero-order valence-electron chi connectivity index (χ0n) is 11.1. The number of nitrogens with zero attached hydrogens (tertiary/aromatic N) is 1. The number of amides is 1. The van der Waals surface area contributed by atoms with Crippen molar-refractivity contribution in [3.05, 3.63) is 59.9 Å². The summed E-state index contributed by atoms with van der Waals surface area (Å²) in [6.07, 6.45) is 2.14. The van der Waals surface area contributed by atoms with Gasteiger partial charge in [-0.15, -0.1) is 0 Å². The smallest absolute Gasteiger partial charge is 0.387 e. The predicted molar refractivity (Wildman–Crippen MR) is 73.3 cm³/mol. The van der Waals surface area contributed by atoms with E-state index in [0.717, 1.165) is 5.56 Å². The van der Waals surface area contributed by atoms with Crippen molar-refractivity contribution in [2.45, 2.75) is 13.0 Å². The first-order valence-electron chi connectivity index (χ1n) is 6.38. The van der Waals surface area contributed by atoms with Crippen LogP contribution < -0.4 is 10.1 Å². The maximum absolute atomic E-state index is 12.0. The van der Waals surface area contributed by atoms with Crippen LogP contribution in [0.2, 0.25) is 0 Å². The number of benzene rings is 1. The van der Waals surface area contributed by atoms with E-state index < -0.39 is 6.61 Å². The minimum atomic E-state index is -2.83. The van der Waals surface area contributed by atoms with Gasteiger partial charge in [0.15, 0.2) is 0 Å². The van der Waals surface area contributed by atoms with Gasteiger partial charge in [-0.1, -0.05) is 18.2 Å². The quantitative estimate of drug-likeness (QED) is 0.890. The average Bonchev–Trinajstić information content (AvgIpc) is 2.49. The fraction of sp³-hybridized carbons (Fsp3) is 0.200. The summed E-state index contributed by atoms with van der Waals surface area (Å²) in [6.45, 7) is -2.39. The first-order valence-corrected chi connectivity index (χ1v) is 6.38. The summed E-state index contributed by atoms with van der Waals surface area (Å²) in [7, 11) is 0. The van der Waals surface area contributed by atoms with Gasteiger partial charge in [0.2, 0.25) is 0 Å². The van der Waals surface area contributed by atoms with E-state index in [9.17, 15) is 13.6 Å².